The maximum absolute atomic E-state index is 11.2. The number of rotatable bonds is 5. The van der Waals surface area contributed by atoms with Crippen LogP contribution in [0.3, 0.4) is 0 Å². The molecule has 1 aromatic carbocycles. The normalized spacial score (nSPS) is 10.2. The second kappa shape index (κ2) is 6.90. The lowest BCUT2D eigenvalue weighted by Crippen LogP contribution is -2.17. The maximum atomic E-state index is 11.2. The third-order valence-corrected chi connectivity index (χ3v) is 1.82. The standard InChI is InChI=1S/C12H13N3O2/c1-2-17-12(16)10(8-13)9-14-15-11-6-4-3-5-7-11/h3-7,9,14-15H,2H2,1H3/b10-9-. The van der Waals surface area contributed by atoms with E-state index in [4.69, 9.17) is 10.00 Å². The minimum absolute atomic E-state index is 0.0877. The van der Waals surface area contributed by atoms with Crippen molar-refractivity contribution >= 4 is 11.7 Å². The summed E-state index contributed by atoms with van der Waals surface area (Å²) in [6.07, 6.45) is 1.27. The van der Waals surface area contributed by atoms with Crippen molar-refractivity contribution in [1.82, 2.24) is 5.43 Å². The summed E-state index contributed by atoms with van der Waals surface area (Å²) in [6, 6.07) is 11.1. The fourth-order valence-corrected chi connectivity index (χ4v) is 1.06. The molecule has 88 valence electrons. The molecule has 0 bridgehead atoms. The first-order valence-corrected chi connectivity index (χ1v) is 5.12. The molecule has 0 saturated heterocycles. The predicted molar refractivity (Wildman–Crippen MR) is 63.5 cm³/mol. The van der Waals surface area contributed by atoms with Crippen LogP contribution in [0.4, 0.5) is 5.69 Å². The molecule has 17 heavy (non-hydrogen) atoms. The van der Waals surface area contributed by atoms with Crippen LogP contribution in [-0.2, 0) is 9.53 Å². The molecule has 0 aliphatic rings. The molecule has 0 aliphatic heterocycles. The molecule has 0 radical (unpaired) electrons. The molecule has 0 fully saturated rings. The summed E-state index contributed by atoms with van der Waals surface area (Å²) in [5, 5.41) is 8.73. The molecular formula is C12H13N3O2. The highest BCUT2D eigenvalue weighted by molar-refractivity contribution is 5.92. The number of esters is 1. The van der Waals surface area contributed by atoms with Crippen molar-refractivity contribution in [2.24, 2.45) is 0 Å². The van der Waals surface area contributed by atoms with Crippen LogP contribution in [0.5, 0.6) is 0 Å². The molecule has 5 nitrogen and oxygen atoms in total. The van der Waals surface area contributed by atoms with E-state index in [1.54, 1.807) is 13.0 Å². The van der Waals surface area contributed by atoms with E-state index in [-0.39, 0.29) is 12.2 Å². The van der Waals surface area contributed by atoms with Crippen LogP contribution in [0.15, 0.2) is 42.1 Å². The first-order valence-electron chi connectivity index (χ1n) is 5.12. The molecule has 0 heterocycles. The molecule has 5 heteroatoms. The van der Waals surface area contributed by atoms with E-state index in [2.05, 4.69) is 10.9 Å². The lowest BCUT2D eigenvalue weighted by molar-refractivity contribution is -0.138. The second-order valence-electron chi connectivity index (χ2n) is 3.03. The smallest absolute Gasteiger partial charge is 0.350 e. The van der Waals surface area contributed by atoms with Crippen molar-refractivity contribution < 1.29 is 9.53 Å². The van der Waals surface area contributed by atoms with E-state index in [1.165, 1.54) is 6.20 Å². The van der Waals surface area contributed by atoms with E-state index in [0.29, 0.717) is 0 Å². The van der Waals surface area contributed by atoms with Gasteiger partial charge in [-0.1, -0.05) is 18.2 Å². The van der Waals surface area contributed by atoms with Gasteiger partial charge in [0.05, 0.1) is 12.3 Å². The average molecular weight is 231 g/mol. The summed E-state index contributed by atoms with van der Waals surface area (Å²) in [5.74, 6) is -0.641. The largest absolute Gasteiger partial charge is 0.462 e. The van der Waals surface area contributed by atoms with Crippen molar-refractivity contribution in [3.63, 3.8) is 0 Å². The van der Waals surface area contributed by atoms with Gasteiger partial charge >= 0.3 is 5.97 Å². The maximum Gasteiger partial charge on any atom is 0.350 e. The van der Waals surface area contributed by atoms with Crippen LogP contribution in [0, 0.1) is 11.3 Å². The lowest BCUT2D eigenvalue weighted by Gasteiger charge is -2.05. The van der Waals surface area contributed by atoms with Crippen molar-refractivity contribution in [2.75, 3.05) is 12.0 Å². The zero-order valence-electron chi connectivity index (χ0n) is 9.43. The van der Waals surface area contributed by atoms with Gasteiger partial charge in [0.25, 0.3) is 0 Å². The molecule has 0 unspecified atom stereocenters. The van der Waals surface area contributed by atoms with Gasteiger partial charge in [0, 0.05) is 6.20 Å². The summed E-state index contributed by atoms with van der Waals surface area (Å²) in [7, 11) is 0. The average Bonchev–Trinajstić information content (AvgIpc) is 2.36. The Bertz CT molecular complexity index is 435. The SMILES string of the molecule is CCOC(=O)/C(C#N)=C\NNc1ccccc1. The third kappa shape index (κ3) is 4.26. The van der Waals surface area contributed by atoms with Crippen LogP contribution >= 0.6 is 0 Å². The van der Waals surface area contributed by atoms with Crippen LogP contribution in [0.2, 0.25) is 0 Å². The quantitative estimate of drug-likeness (QED) is 0.348. The van der Waals surface area contributed by atoms with Crippen LogP contribution in [0.25, 0.3) is 0 Å². The zero-order chi connectivity index (χ0) is 12.5. The number of nitrogens with one attached hydrogen (secondary N) is 2. The van der Waals surface area contributed by atoms with Gasteiger partial charge in [-0.25, -0.2) is 4.79 Å². The molecule has 1 aromatic rings. The number of hydrazine groups is 1. The molecule has 0 aliphatic carbocycles. The highest BCUT2D eigenvalue weighted by Gasteiger charge is 2.08. The Balaban J connectivity index is 2.52. The topological polar surface area (TPSA) is 74.2 Å². The Hall–Kier alpha value is -2.48. The monoisotopic (exact) mass is 231 g/mol. The Morgan fingerprint density at radius 1 is 1.47 bits per heavy atom. The minimum atomic E-state index is -0.641. The number of nitriles is 1. The zero-order valence-corrected chi connectivity index (χ0v) is 9.43. The van der Waals surface area contributed by atoms with E-state index < -0.39 is 5.97 Å². The van der Waals surface area contributed by atoms with Crippen molar-refractivity contribution in [2.45, 2.75) is 6.92 Å². The van der Waals surface area contributed by atoms with E-state index in [9.17, 15) is 4.79 Å². The Labute approximate surface area is 99.7 Å². The van der Waals surface area contributed by atoms with Gasteiger partial charge in [-0.15, -0.1) is 0 Å². The van der Waals surface area contributed by atoms with Gasteiger partial charge in [-0.2, -0.15) is 5.26 Å². The number of carbonyl (C=O) groups is 1. The van der Waals surface area contributed by atoms with Crippen LogP contribution in [-0.4, -0.2) is 12.6 Å². The number of ether oxygens (including phenoxy) is 1. The summed E-state index contributed by atoms with van der Waals surface area (Å²) < 4.78 is 4.70. The highest BCUT2D eigenvalue weighted by atomic mass is 16.5. The van der Waals surface area contributed by atoms with Gasteiger partial charge in [-0.05, 0) is 19.1 Å². The number of hydrogen-bond donors (Lipinski definition) is 2. The van der Waals surface area contributed by atoms with E-state index in [0.717, 1.165) is 5.69 Å². The fraction of sp³-hybridized carbons (Fsp3) is 0.167. The number of nitrogens with zero attached hydrogens (tertiary/aromatic N) is 1. The van der Waals surface area contributed by atoms with Gasteiger partial charge in [0.2, 0.25) is 0 Å². The van der Waals surface area contributed by atoms with Crippen LogP contribution in [0.1, 0.15) is 6.92 Å². The number of hydrogen-bond acceptors (Lipinski definition) is 5. The van der Waals surface area contributed by atoms with Crippen molar-refractivity contribution in [3.8, 4) is 6.07 Å². The summed E-state index contributed by atoms with van der Waals surface area (Å²) in [6.45, 7) is 1.92. The number of carbonyl (C=O) groups excluding carboxylic acids is 1. The predicted octanol–water partition coefficient (Wildman–Crippen LogP) is 1.57. The molecule has 2 N–H and O–H groups in total. The molecule has 0 saturated carbocycles. The molecule has 0 spiro atoms. The summed E-state index contributed by atoms with van der Waals surface area (Å²) >= 11 is 0. The Morgan fingerprint density at radius 3 is 2.76 bits per heavy atom. The van der Waals surface area contributed by atoms with Gasteiger partial charge in [0.1, 0.15) is 6.07 Å². The number of anilines is 1. The van der Waals surface area contributed by atoms with Crippen molar-refractivity contribution in [1.29, 1.82) is 5.26 Å². The second-order valence-corrected chi connectivity index (χ2v) is 3.03. The first-order chi connectivity index (χ1) is 8.27. The third-order valence-electron chi connectivity index (χ3n) is 1.82. The van der Waals surface area contributed by atoms with Gasteiger partial charge in [0.15, 0.2) is 5.57 Å². The highest BCUT2D eigenvalue weighted by Crippen LogP contribution is 2.03. The van der Waals surface area contributed by atoms with Crippen LogP contribution < -0.4 is 10.9 Å². The molecule has 0 aromatic heterocycles. The van der Waals surface area contributed by atoms with Crippen molar-refractivity contribution in [3.05, 3.63) is 42.1 Å². The molecule has 0 amide bonds. The lowest BCUT2D eigenvalue weighted by atomic mass is 10.3. The van der Waals surface area contributed by atoms with Gasteiger partial charge in [-0.3, -0.25) is 0 Å². The molecular weight excluding hydrogens is 218 g/mol. The molecule has 0 atom stereocenters. The minimum Gasteiger partial charge on any atom is -0.462 e. The van der Waals surface area contributed by atoms with Gasteiger partial charge < -0.3 is 15.6 Å². The molecule has 1 rings (SSSR count). The summed E-state index contributed by atoms with van der Waals surface area (Å²) in [5.41, 5.74) is 6.21. The first kappa shape index (κ1) is 12.6. The number of benzene rings is 1. The number of para-hydroxylation sites is 1. The Morgan fingerprint density at radius 2 is 2.18 bits per heavy atom. The van der Waals surface area contributed by atoms with E-state index >= 15 is 0 Å². The summed E-state index contributed by atoms with van der Waals surface area (Å²) in [4.78, 5) is 11.2. The Kier molecular flexibility index (Phi) is 5.11. The fourth-order valence-electron chi connectivity index (χ4n) is 1.06. The van der Waals surface area contributed by atoms with E-state index in [1.807, 2.05) is 30.3 Å².